The SMILES string of the molecule is NC(=O)c1ccc2c(c1)N(S(=O)(=O)c1ccccc1)CCCS2. The fraction of sp³-hybridized carbons (Fsp3) is 0.188. The van der Waals surface area contributed by atoms with E-state index < -0.39 is 15.9 Å². The lowest BCUT2D eigenvalue weighted by atomic mass is 10.2. The van der Waals surface area contributed by atoms with Gasteiger partial charge in [-0.1, -0.05) is 18.2 Å². The minimum absolute atomic E-state index is 0.238. The maximum absolute atomic E-state index is 13.0. The highest BCUT2D eigenvalue weighted by atomic mass is 32.2. The minimum Gasteiger partial charge on any atom is -0.366 e. The number of benzene rings is 2. The number of carbonyl (C=O) groups excluding carboxylic acids is 1. The van der Waals surface area contributed by atoms with E-state index in [0.717, 1.165) is 17.1 Å². The number of hydrogen-bond donors (Lipinski definition) is 1. The summed E-state index contributed by atoms with van der Waals surface area (Å²) in [5.74, 6) is 0.253. The Morgan fingerprint density at radius 1 is 1.13 bits per heavy atom. The molecule has 0 atom stereocenters. The van der Waals surface area contributed by atoms with Crippen LogP contribution in [0.15, 0.2) is 58.3 Å². The lowest BCUT2D eigenvalue weighted by molar-refractivity contribution is 0.1000. The van der Waals surface area contributed by atoms with E-state index in [9.17, 15) is 13.2 Å². The molecule has 5 nitrogen and oxygen atoms in total. The van der Waals surface area contributed by atoms with Gasteiger partial charge in [-0.2, -0.15) is 0 Å². The number of amides is 1. The van der Waals surface area contributed by atoms with Crippen molar-refractivity contribution in [1.82, 2.24) is 0 Å². The van der Waals surface area contributed by atoms with Crippen LogP contribution >= 0.6 is 11.8 Å². The van der Waals surface area contributed by atoms with Gasteiger partial charge in [0, 0.05) is 17.0 Å². The molecule has 1 amide bonds. The molecule has 0 aliphatic carbocycles. The van der Waals surface area contributed by atoms with Gasteiger partial charge >= 0.3 is 0 Å². The Morgan fingerprint density at radius 3 is 2.57 bits per heavy atom. The van der Waals surface area contributed by atoms with Crippen LogP contribution in [0.1, 0.15) is 16.8 Å². The summed E-state index contributed by atoms with van der Waals surface area (Å²) in [5.41, 5.74) is 6.16. The first-order valence-corrected chi connectivity index (χ1v) is 9.57. The number of fused-ring (bicyclic) bond motifs is 1. The smallest absolute Gasteiger partial charge is 0.264 e. The van der Waals surface area contributed by atoms with E-state index >= 15 is 0 Å². The molecule has 1 aliphatic heterocycles. The van der Waals surface area contributed by atoms with Gasteiger partial charge in [-0.05, 0) is 42.5 Å². The zero-order chi connectivity index (χ0) is 16.4. The highest BCUT2D eigenvalue weighted by Gasteiger charge is 2.28. The Labute approximate surface area is 139 Å². The molecule has 0 saturated heterocycles. The van der Waals surface area contributed by atoms with Crippen molar-refractivity contribution in [2.24, 2.45) is 5.73 Å². The van der Waals surface area contributed by atoms with Gasteiger partial charge in [0.25, 0.3) is 10.0 Å². The van der Waals surface area contributed by atoms with Crippen LogP contribution in [0, 0.1) is 0 Å². The van der Waals surface area contributed by atoms with Crippen molar-refractivity contribution in [3.05, 3.63) is 54.1 Å². The van der Waals surface area contributed by atoms with Crippen LogP contribution in [0.4, 0.5) is 5.69 Å². The largest absolute Gasteiger partial charge is 0.366 e. The summed E-state index contributed by atoms with van der Waals surface area (Å²) in [6, 6.07) is 13.3. The summed E-state index contributed by atoms with van der Waals surface area (Å²) < 4.78 is 27.3. The van der Waals surface area contributed by atoms with E-state index in [0.29, 0.717) is 17.8 Å². The van der Waals surface area contributed by atoms with Crippen molar-refractivity contribution >= 4 is 33.4 Å². The van der Waals surface area contributed by atoms with Crippen molar-refractivity contribution in [3.63, 3.8) is 0 Å². The second-order valence-electron chi connectivity index (χ2n) is 5.14. The molecule has 0 radical (unpaired) electrons. The molecule has 7 heteroatoms. The number of anilines is 1. The van der Waals surface area contributed by atoms with Crippen LogP contribution in [-0.2, 0) is 10.0 Å². The second kappa shape index (κ2) is 6.25. The quantitative estimate of drug-likeness (QED) is 0.924. The van der Waals surface area contributed by atoms with Crippen molar-refractivity contribution in [1.29, 1.82) is 0 Å². The summed E-state index contributed by atoms with van der Waals surface area (Å²) in [6.45, 7) is 0.374. The first-order valence-electron chi connectivity index (χ1n) is 7.14. The average Bonchev–Trinajstić information content (AvgIpc) is 2.77. The van der Waals surface area contributed by atoms with Gasteiger partial charge in [0.15, 0.2) is 0 Å². The van der Waals surface area contributed by atoms with Crippen LogP contribution in [0.2, 0.25) is 0 Å². The van der Waals surface area contributed by atoms with Crippen molar-refractivity contribution < 1.29 is 13.2 Å². The van der Waals surface area contributed by atoms with Gasteiger partial charge < -0.3 is 5.73 Å². The Bertz CT molecular complexity index is 836. The Hall–Kier alpha value is -1.99. The van der Waals surface area contributed by atoms with Gasteiger partial charge in [-0.25, -0.2) is 8.42 Å². The molecule has 1 heterocycles. The molecule has 0 bridgehead atoms. The third kappa shape index (κ3) is 3.07. The second-order valence-corrected chi connectivity index (χ2v) is 8.14. The number of sulfonamides is 1. The first kappa shape index (κ1) is 15.9. The number of hydrogen-bond acceptors (Lipinski definition) is 4. The zero-order valence-corrected chi connectivity index (χ0v) is 13.9. The molecule has 0 unspecified atom stereocenters. The third-order valence-corrected chi connectivity index (χ3v) is 6.58. The number of thioether (sulfide) groups is 1. The summed E-state index contributed by atoms with van der Waals surface area (Å²) >= 11 is 1.59. The van der Waals surface area contributed by atoms with Crippen molar-refractivity contribution in [2.45, 2.75) is 16.2 Å². The molecule has 2 N–H and O–H groups in total. The minimum atomic E-state index is -3.67. The fourth-order valence-corrected chi connectivity index (χ4v) is 5.04. The standard InChI is InChI=1S/C16H16N2O3S2/c17-16(19)12-7-8-15-14(11-12)18(9-4-10-22-15)23(20,21)13-5-2-1-3-6-13/h1-3,5-8,11H,4,9-10H2,(H2,17,19). The molecular formula is C16H16N2O3S2. The molecule has 23 heavy (non-hydrogen) atoms. The maximum atomic E-state index is 13.0. The molecule has 2 aromatic rings. The van der Waals surface area contributed by atoms with Crippen LogP contribution in [0.25, 0.3) is 0 Å². The van der Waals surface area contributed by atoms with E-state index in [1.807, 2.05) is 0 Å². The maximum Gasteiger partial charge on any atom is 0.264 e. The van der Waals surface area contributed by atoms with Gasteiger partial charge in [0.05, 0.1) is 10.6 Å². The Kier molecular flexibility index (Phi) is 4.32. The van der Waals surface area contributed by atoms with E-state index in [2.05, 4.69) is 0 Å². The van der Waals surface area contributed by atoms with Gasteiger partial charge in [0.1, 0.15) is 0 Å². The molecule has 1 aliphatic rings. The number of nitrogens with two attached hydrogens (primary N) is 1. The highest BCUT2D eigenvalue weighted by molar-refractivity contribution is 7.99. The Balaban J connectivity index is 2.14. The lowest BCUT2D eigenvalue weighted by Gasteiger charge is -2.24. The first-order chi connectivity index (χ1) is 11.0. The normalized spacial score (nSPS) is 14.9. The summed E-state index contributed by atoms with van der Waals surface area (Å²) in [6.07, 6.45) is 0.733. The highest BCUT2D eigenvalue weighted by Crippen LogP contribution is 2.37. The zero-order valence-electron chi connectivity index (χ0n) is 12.3. The lowest BCUT2D eigenvalue weighted by Crippen LogP contribution is -2.32. The number of rotatable bonds is 3. The van der Waals surface area contributed by atoms with E-state index in [4.69, 9.17) is 5.73 Å². The molecule has 3 rings (SSSR count). The predicted octanol–water partition coefficient (Wildman–Crippen LogP) is 2.48. The molecule has 0 spiro atoms. The molecule has 0 aromatic heterocycles. The van der Waals surface area contributed by atoms with E-state index in [1.54, 1.807) is 60.3 Å². The number of primary amides is 1. The summed E-state index contributed by atoms with van der Waals surface area (Å²) in [5, 5.41) is 0. The van der Waals surface area contributed by atoms with Crippen molar-refractivity contribution in [3.8, 4) is 0 Å². The van der Waals surface area contributed by atoms with Crippen LogP contribution in [0.5, 0.6) is 0 Å². The van der Waals surface area contributed by atoms with Gasteiger partial charge in [-0.3, -0.25) is 9.10 Å². The summed E-state index contributed by atoms with van der Waals surface area (Å²) in [7, 11) is -3.67. The number of nitrogens with zero attached hydrogens (tertiary/aromatic N) is 1. The molecule has 120 valence electrons. The molecular weight excluding hydrogens is 332 g/mol. The van der Waals surface area contributed by atoms with E-state index in [-0.39, 0.29) is 4.90 Å². The monoisotopic (exact) mass is 348 g/mol. The van der Waals surface area contributed by atoms with Gasteiger partial charge in [0.2, 0.25) is 5.91 Å². The van der Waals surface area contributed by atoms with Crippen LogP contribution in [-0.4, -0.2) is 26.6 Å². The Morgan fingerprint density at radius 2 is 1.87 bits per heavy atom. The van der Waals surface area contributed by atoms with E-state index in [1.165, 1.54) is 4.31 Å². The predicted molar refractivity (Wildman–Crippen MR) is 91.3 cm³/mol. The molecule has 0 fully saturated rings. The average molecular weight is 348 g/mol. The van der Waals surface area contributed by atoms with Crippen LogP contribution < -0.4 is 10.0 Å². The third-order valence-electron chi connectivity index (χ3n) is 3.61. The van der Waals surface area contributed by atoms with Gasteiger partial charge in [-0.15, -0.1) is 11.8 Å². The molecule has 2 aromatic carbocycles. The summed E-state index contributed by atoms with van der Waals surface area (Å²) in [4.78, 5) is 12.5. The topological polar surface area (TPSA) is 80.5 Å². The number of carbonyl (C=O) groups is 1. The van der Waals surface area contributed by atoms with Crippen molar-refractivity contribution in [2.75, 3.05) is 16.6 Å². The molecule has 0 saturated carbocycles. The van der Waals surface area contributed by atoms with Crippen LogP contribution in [0.3, 0.4) is 0 Å². The fourth-order valence-electron chi connectivity index (χ4n) is 2.47.